The number of aromatic carboxylic acids is 1. The van der Waals surface area contributed by atoms with Crippen molar-refractivity contribution >= 4 is 34.9 Å². The molecule has 0 radical (unpaired) electrons. The van der Waals surface area contributed by atoms with E-state index in [-0.39, 0.29) is 4.88 Å². The van der Waals surface area contributed by atoms with Gasteiger partial charge in [-0.25, -0.2) is 4.79 Å². The van der Waals surface area contributed by atoms with Gasteiger partial charge in [-0.05, 0) is 22.9 Å². The Bertz CT molecular complexity index is 510. The number of carbonyl (C=O) groups is 2. The Morgan fingerprint density at radius 3 is 2.53 bits per heavy atom. The summed E-state index contributed by atoms with van der Waals surface area (Å²) in [7, 11) is 0. The summed E-state index contributed by atoms with van der Waals surface area (Å²) in [6.45, 7) is 0. The summed E-state index contributed by atoms with van der Waals surface area (Å²) in [5, 5.41) is 12.4. The average molecular weight is 238 g/mol. The number of thiophene rings is 2. The van der Waals surface area contributed by atoms with Gasteiger partial charge in [0.2, 0.25) is 0 Å². The van der Waals surface area contributed by atoms with Crippen LogP contribution in [0.25, 0.3) is 11.1 Å². The van der Waals surface area contributed by atoms with Gasteiger partial charge in [0.15, 0.2) is 6.29 Å². The highest BCUT2D eigenvalue weighted by atomic mass is 32.1. The molecule has 0 aromatic carbocycles. The molecule has 3 nitrogen and oxygen atoms in total. The summed E-state index contributed by atoms with van der Waals surface area (Å²) < 4.78 is 0. The Morgan fingerprint density at radius 1 is 1.20 bits per heavy atom. The molecule has 76 valence electrons. The lowest BCUT2D eigenvalue weighted by Crippen LogP contribution is -1.94. The molecule has 0 atom stereocenters. The van der Waals surface area contributed by atoms with E-state index in [1.165, 1.54) is 11.3 Å². The zero-order valence-corrected chi connectivity index (χ0v) is 9.10. The minimum atomic E-state index is -0.956. The van der Waals surface area contributed by atoms with E-state index < -0.39 is 5.97 Å². The third-order valence-electron chi connectivity index (χ3n) is 1.95. The highest BCUT2D eigenvalue weighted by Gasteiger charge is 2.16. The van der Waals surface area contributed by atoms with Crippen LogP contribution in [0.1, 0.15) is 19.3 Å². The maximum atomic E-state index is 10.9. The highest BCUT2D eigenvalue weighted by Crippen LogP contribution is 2.32. The second-order valence-electron chi connectivity index (χ2n) is 2.78. The van der Waals surface area contributed by atoms with Gasteiger partial charge < -0.3 is 5.11 Å². The SMILES string of the molecule is O=Cc1sccc1-c1ccsc1C(=O)O. The van der Waals surface area contributed by atoms with Crippen LogP contribution in [0.5, 0.6) is 0 Å². The molecule has 2 heterocycles. The van der Waals surface area contributed by atoms with E-state index in [0.717, 1.165) is 17.6 Å². The molecule has 1 N–H and O–H groups in total. The molecule has 0 fully saturated rings. The molecule has 2 aromatic rings. The van der Waals surface area contributed by atoms with Gasteiger partial charge in [0.05, 0.1) is 4.88 Å². The van der Waals surface area contributed by atoms with Crippen molar-refractivity contribution in [3.8, 4) is 11.1 Å². The number of rotatable bonds is 3. The topological polar surface area (TPSA) is 54.4 Å². The predicted octanol–water partition coefficient (Wildman–Crippen LogP) is 2.99. The fraction of sp³-hybridized carbons (Fsp3) is 0. The molecule has 0 aliphatic carbocycles. The molecule has 0 aliphatic heterocycles. The van der Waals surface area contributed by atoms with Crippen LogP contribution in [-0.4, -0.2) is 17.4 Å². The monoisotopic (exact) mass is 238 g/mol. The lowest BCUT2D eigenvalue weighted by Gasteiger charge is -1.97. The van der Waals surface area contributed by atoms with E-state index in [4.69, 9.17) is 5.11 Å². The fourth-order valence-electron chi connectivity index (χ4n) is 1.32. The molecule has 2 aromatic heterocycles. The van der Waals surface area contributed by atoms with Crippen LogP contribution in [0.2, 0.25) is 0 Å². The van der Waals surface area contributed by atoms with Crippen molar-refractivity contribution in [2.24, 2.45) is 0 Å². The van der Waals surface area contributed by atoms with Gasteiger partial charge in [-0.15, -0.1) is 22.7 Å². The quantitative estimate of drug-likeness (QED) is 0.836. The van der Waals surface area contributed by atoms with Gasteiger partial charge in [0, 0.05) is 11.1 Å². The van der Waals surface area contributed by atoms with Crippen LogP contribution in [0.4, 0.5) is 0 Å². The summed E-state index contributed by atoms with van der Waals surface area (Å²) >= 11 is 2.48. The van der Waals surface area contributed by atoms with Crippen LogP contribution < -0.4 is 0 Å². The van der Waals surface area contributed by atoms with Gasteiger partial charge in [-0.3, -0.25) is 4.79 Å². The summed E-state index contributed by atoms with van der Waals surface area (Å²) in [4.78, 5) is 22.5. The molecule has 0 saturated carbocycles. The second-order valence-corrected chi connectivity index (χ2v) is 4.65. The third-order valence-corrected chi connectivity index (χ3v) is 3.70. The van der Waals surface area contributed by atoms with Gasteiger partial charge in [-0.1, -0.05) is 0 Å². The van der Waals surface area contributed by atoms with E-state index in [0.29, 0.717) is 16.0 Å². The summed E-state index contributed by atoms with van der Waals surface area (Å²) in [6, 6.07) is 3.49. The molecule has 0 spiro atoms. The van der Waals surface area contributed by atoms with Gasteiger partial charge in [-0.2, -0.15) is 0 Å². The standard InChI is InChI=1S/C10H6O3S2/c11-5-8-6(1-3-14-8)7-2-4-15-9(7)10(12)13/h1-5H,(H,12,13). The van der Waals surface area contributed by atoms with E-state index in [1.807, 2.05) is 0 Å². The van der Waals surface area contributed by atoms with E-state index in [9.17, 15) is 9.59 Å². The van der Waals surface area contributed by atoms with Crippen LogP contribution >= 0.6 is 22.7 Å². The molecule has 0 saturated heterocycles. The number of carboxylic acids is 1. The molecule has 0 aliphatic rings. The van der Waals surface area contributed by atoms with E-state index >= 15 is 0 Å². The minimum absolute atomic E-state index is 0.275. The highest BCUT2D eigenvalue weighted by molar-refractivity contribution is 7.13. The maximum absolute atomic E-state index is 10.9. The number of carboxylic acid groups (broad SMARTS) is 1. The zero-order valence-electron chi connectivity index (χ0n) is 7.47. The largest absolute Gasteiger partial charge is 0.477 e. The Morgan fingerprint density at radius 2 is 1.87 bits per heavy atom. The summed E-state index contributed by atoms with van der Waals surface area (Å²) in [6.07, 6.45) is 0.753. The molecular formula is C10H6O3S2. The number of carbonyl (C=O) groups excluding carboxylic acids is 1. The molecular weight excluding hydrogens is 232 g/mol. The zero-order chi connectivity index (χ0) is 10.8. The smallest absolute Gasteiger partial charge is 0.346 e. The Kier molecular flexibility index (Phi) is 2.66. The summed E-state index contributed by atoms with van der Waals surface area (Å²) in [5.41, 5.74) is 1.32. The van der Waals surface area contributed by atoms with E-state index in [2.05, 4.69) is 0 Å². The number of aldehydes is 1. The molecule has 0 unspecified atom stereocenters. The molecule has 0 bridgehead atoms. The van der Waals surface area contributed by atoms with Gasteiger partial charge >= 0.3 is 5.97 Å². The minimum Gasteiger partial charge on any atom is -0.477 e. The third kappa shape index (κ3) is 1.71. The predicted molar refractivity (Wildman–Crippen MR) is 60.0 cm³/mol. The van der Waals surface area contributed by atoms with Gasteiger partial charge in [0.25, 0.3) is 0 Å². The molecule has 0 amide bonds. The van der Waals surface area contributed by atoms with Crippen molar-refractivity contribution in [3.05, 3.63) is 32.6 Å². The maximum Gasteiger partial charge on any atom is 0.346 e. The van der Waals surface area contributed by atoms with Crippen LogP contribution in [0.15, 0.2) is 22.9 Å². The van der Waals surface area contributed by atoms with Crippen molar-refractivity contribution < 1.29 is 14.7 Å². The number of hydrogen-bond donors (Lipinski definition) is 1. The fourth-order valence-corrected chi connectivity index (χ4v) is 2.78. The lowest BCUT2D eigenvalue weighted by molar-refractivity contribution is 0.0702. The second kappa shape index (κ2) is 3.96. The van der Waals surface area contributed by atoms with Gasteiger partial charge in [0.1, 0.15) is 4.88 Å². The van der Waals surface area contributed by atoms with Crippen LogP contribution in [-0.2, 0) is 0 Å². The lowest BCUT2D eigenvalue weighted by atomic mass is 10.1. The Hall–Kier alpha value is -1.46. The first kappa shape index (κ1) is 10.1. The van der Waals surface area contributed by atoms with Crippen LogP contribution in [0.3, 0.4) is 0 Å². The first-order valence-corrected chi connectivity index (χ1v) is 5.84. The number of hydrogen-bond acceptors (Lipinski definition) is 4. The first-order chi connectivity index (χ1) is 7.24. The average Bonchev–Trinajstić information content (AvgIpc) is 2.85. The Balaban J connectivity index is 2.58. The molecule has 5 heteroatoms. The first-order valence-electron chi connectivity index (χ1n) is 4.08. The summed E-state index contributed by atoms with van der Waals surface area (Å²) in [5.74, 6) is -0.956. The molecule has 2 rings (SSSR count). The Labute approximate surface area is 93.6 Å². The van der Waals surface area contributed by atoms with E-state index in [1.54, 1.807) is 22.9 Å². The van der Waals surface area contributed by atoms with Crippen LogP contribution in [0, 0.1) is 0 Å². The molecule has 15 heavy (non-hydrogen) atoms. The van der Waals surface area contributed by atoms with Crippen molar-refractivity contribution in [3.63, 3.8) is 0 Å². The normalized spacial score (nSPS) is 10.1. The van der Waals surface area contributed by atoms with Crippen molar-refractivity contribution in [1.82, 2.24) is 0 Å². The van der Waals surface area contributed by atoms with Crippen molar-refractivity contribution in [2.75, 3.05) is 0 Å². The van der Waals surface area contributed by atoms with Crippen molar-refractivity contribution in [1.29, 1.82) is 0 Å². The van der Waals surface area contributed by atoms with Crippen molar-refractivity contribution in [2.45, 2.75) is 0 Å².